The number of furan rings is 1. The van der Waals surface area contributed by atoms with Gasteiger partial charge in [-0.1, -0.05) is 0 Å². The van der Waals surface area contributed by atoms with Crippen LogP contribution in [0.2, 0.25) is 0 Å². The smallest absolute Gasteiger partial charge is 0.303 e. The van der Waals surface area contributed by atoms with Crippen LogP contribution in [0.1, 0.15) is 35.8 Å². The topological polar surface area (TPSA) is 104 Å². The number of carbonyl (C=O) groups is 3. The first-order chi connectivity index (χ1) is 15.0. The van der Waals surface area contributed by atoms with Crippen LogP contribution in [-0.2, 0) is 14.4 Å². The zero-order valence-electron chi connectivity index (χ0n) is 16.4. The number of thiazole rings is 1. The summed E-state index contributed by atoms with van der Waals surface area (Å²) in [6.45, 7) is 0.195. The highest BCUT2D eigenvalue weighted by molar-refractivity contribution is 8.00. The summed E-state index contributed by atoms with van der Waals surface area (Å²) in [5, 5.41) is 10.2. The molecule has 2 aliphatic heterocycles. The van der Waals surface area contributed by atoms with Gasteiger partial charge in [0.15, 0.2) is 3.95 Å². The van der Waals surface area contributed by atoms with Crippen molar-refractivity contribution in [3.05, 3.63) is 33.0 Å². The number of likely N-dealkylation sites (tertiary alicyclic amines) is 1. The van der Waals surface area contributed by atoms with Crippen LogP contribution >= 0.6 is 35.3 Å². The Hall–Kier alpha value is -1.91. The zero-order chi connectivity index (χ0) is 21.4. The summed E-state index contributed by atoms with van der Waals surface area (Å²) in [4.78, 5) is 43.2. The highest BCUT2D eigenvalue weighted by atomic mass is 32.2. The van der Waals surface area contributed by atoms with E-state index in [-0.39, 0.29) is 65.5 Å². The van der Waals surface area contributed by atoms with E-state index in [9.17, 15) is 14.4 Å². The van der Waals surface area contributed by atoms with Crippen LogP contribution in [0, 0.1) is 33.5 Å². The van der Waals surface area contributed by atoms with E-state index in [0.717, 1.165) is 21.2 Å². The molecule has 4 heterocycles. The molecule has 3 fully saturated rings. The molecule has 6 rings (SSSR count). The van der Waals surface area contributed by atoms with Crippen molar-refractivity contribution in [1.82, 2.24) is 9.88 Å². The van der Waals surface area contributed by atoms with Gasteiger partial charge in [-0.2, -0.15) is 0 Å². The van der Waals surface area contributed by atoms with Crippen molar-refractivity contribution in [2.24, 2.45) is 29.6 Å². The number of thioether (sulfide) groups is 1. The Balaban J connectivity index is 1.36. The summed E-state index contributed by atoms with van der Waals surface area (Å²) in [5.41, 5.74) is 0. The number of carbonyl (C=O) groups excluding carboxylic acids is 2. The average molecular weight is 477 g/mol. The van der Waals surface area contributed by atoms with Crippen LogP contribution in [-0.4, -0.2) is 44.6 Å². The fourth-order valence-corrected chi connectivity index (χ4v) is 9.79. The van der Waals surface area contributed by atoms with E-state index >= 15 is 0 Å². The zero-order valence-corrected chi connectivity index (χ0v) is 18.8. The number of nitrogens with one attached hydrogen (secondary N) is 1. The van der Waals surface area contributed by atoms with Gasteiger partial charge in [0.2, 0.25) is 11.8 Å². The number of carboxylic acids is 1. The molecule has 10 heteroatoms. The molecule has 2 N–H and O–H groups in total. The highest BCUT2D eigenvalue weighted by Crippen LogP contribution is 2.68. The van der Waals surface area contributed by atoms with E-state index in [2.05, 4.69) is 4.98 Å². The van der Waals surface area contributed by atoms with Gasteiger partial charge in [-0.3, -0.25) is 19.3 Å². The monoisotopic (exact) mass is 476 g/mol. The minimum absolute atomic E-state index is 0.0362. The number of aromatic nitrogens is 1. The number of imide groups is 1. The second kappa shape index (κ2) is 7.05. The SMILES string of the molecule is O=C(O)CCCN1C(=O)C2C3CC(C2C1=O)C1C(c2ccco2)c2sc(=S)[nH]c2SC31. The maximum Gasteiger partial charge on any atom is 0.303 e. The standard InChI is InChI=1S/C21H20N2O5S3/c24-11(25)4-1-5-23-19(26)13-8-7-9(14(13)20(23)27)16-12(8)15(10-3-2-6-28-10)17-18(30-16)22-21(29)31-17/h2-3,6,8-9,12-16H,1,4-5,7H2,(H,22,29)(H,24,25). The van der Waals surface area contributed by atoms with Gasteiger partial charge in [-0.05, 0) is 54.9 Å². The van der Waals surface area contributed by atoms with E-state index in [0.29, 0.717) is 6.42 Å². The summed E-state index contributed by atoms with van der Waals surface area (Å²) >= 11 is 8.77. The Morgan fingerprint density at radius 2 is 2.06 bits per heavy atom. The van der Waals surface area contributed by atoms with Crippen molar-refractivity contribution in [1.29, 1.82) is 0 Å². The van der Waals surface area contributed by atoms with Crippen molar-refractivity contribution >= 4 is 53.1 Å². The fourth-order valence-electron chi connectivity index (χ4n) is 6.47. The molecular weight excluding hydrogens is 456 g/mol. The van der Waals surface area contributed by atoms with Gasteiger partial charge in [0, 0.05) is 23.1 Å². The Morgan fingerprint density at radius 1 is 1.29 bits per heavy atom. The highest BCUT2D eigenvalue weighted by Gasteiger charge is 2.69. The Kier molecular flexibility index (Phi) is 4.49. The number of aromatic amines is 1. The van der Waals surface area contributed by atoms with Crippen LogP contribution < -0.4 is 0 Å². The molecular formula is C21H20N2O5S3. The molecule has 2 amide bonds. The maximum absolute atomic E-state index is 13.3. The lowest BCUT2D eigenvalue weighted by Gasteiger charge is -2.42. The summed E-state index contributed by atoms with van der Waals surface area (Å²) < 4.78 is 6.58. The largest absolute Gasteiger partial charge is 0.481 e. The third-order valence-corrected chi connectivity index (χ3v) is 10.4. The maximum atomic E-state index is 13.3. The summed E-state index contributed by atoms with van der Waals surface area (Å²) in [6.07, 6.45) is 2.82. The van der Waals surface area contributed by atoms with Gasteiger partial charge < -0.3 is 14.5 Å². The molecule has 2 aromatic rings. The van der Waals surface area contributed by atoms with E-state index in [1.54, 1.807) is 29.4 Å². The normalized spacial score (nSPS) is 35.4. The van der Waals surface area contributed by atoms with Crippen molar-refractivity contribution < 1.29 is 23.9 Å². The molecule has 2 aromatic heterocycles. The predicted octanol–water partition coefficient (Wildman–Crippen LogP) is 3.74. The number of nitrogens with zero attached hydrogens (tertiary/aromatic N) is 1. The fraction of sp³-hybridized carbons (Fsp3) is 0.524. The first kappa shape index (κ1) is 19.8. The third-order valence-electron chi connectivity index (χ3n) is 7.44. The molecule has 7 nitrogen and oxygen atoms in total. The molecule has 2 bridgehead atoms. The number of hydrogen-bond donors (Lipinski definition) is 2. The number of hydrogen-bond acceptors (Lipinski definition) is 7. The van der Waals surface area contributed by atoms with Gasteiger partial charge in [0.1, 0.15) is 5.76 Å². The van der Waals surface area contributed by atoms with Crippen LogP contribution in [0.15, 0.2) is 27.8 Å². The molecule has 2 aliphatic carbocycles. The van der Waals surface area contributed by atoms with E-state index < -0.39 is 5.97 Å². The van der Waals surface area contributed by atoms with Gasteiger partial charge >= 0.3 is 5.97 Å². The number of fused-ring (bicyclic) bond motifs is 9. The first-order valence-corrected chi connectivity index (χ1v) is 12.6. The van der Waals surface area contributed by atoms with Crippen molar-refractivity contribution in [2.45, 2.75) is 35.5 Å². The van der Waals surface area contributed by atoms with Crippen LogP contribution in [0.4, 0.5) is 0 Å². The van der Waals surface area contributed by atoms with Crippen LogP contribution in [0.5, 0.6) is 0 Å². The number of aliphatic carboxylic acids is 1. The molecule has 0 radical (unpaired) electrons. The molecule has 0 aromatic carbocycles. The Bertz CT molecular complexity index is 1140. The van der Waals surface area contributed by atoms with Crippen LogP contribution in [0.3, 0.4) is 0 Å². The van der Waals surface area contributed by atoms with E-state index in [1.807, 2.05) is 12.1 Å². The number of amides is 2. The summed E-state index contributed by atoms with van der Waals surface area (Å²) in [5.74, 6) is -0.307. The third kappa shape index (κ3) is 2.77. The molecule has 31 heavy (non-hydrogen) atoms. The van der Waals surface area contributed by atoms with E-state index in [1.165, 1.54) is 9.78 Å². The van der Waals surface area contributed by atoms with E-state index in [4.69, 9.17) is 21.7 Å². The minimum atomic E-state index is -0.911. The van der Waals surface area contributed by atoms with Gasteiger partial charge in [0.25, 0.3) is 0 Å². The molecule has 0 spiro atoms. The molecule has 7 unspecified atom stereocenters. The first-order valence-electron chi connectivity index (χ1n) is 10.5. The van der Waals surface area contributed by atoms with Gasteiger partial charge in [-0.25, -0.2) is 0 Å². The van der Waals surface area contributed by atoms with Crippen LogP contribution in [0.25, 0.3) is 0 Å². The van der Waals surface area contributed by atoms with Crippen molar-refractivity contribution in [2.75, 3.05) is 6.54 Å². The quantitative estimate of drug-likeness (QED) is 0.500. The second-order valence-electron chi connectivity index (χ2n) is 8.80. The molecule has 2 saturated carbocycles. The molecule has 162 valence electrons. The number of H-pyrrole nitrogens is 1. The Labute approximate surface area is 191 Å². The molecule has 4 aliphatic rings. The van der Waals surface area contributed by atoms with Gasteiger partial charge in [0.05, 0.1) is 29.0 Å². The predicted molar refractivity (Wildman–Crippen MR) is 115 cm³/mol. The molecule has 1 saturated heterocycles. The Morgan fingerprint density at radius 3 is 2.77 bits per heavy atom. The summed E-state index contributed by atoms with van der Waals surface area (Å²) in [7, 11) is 0. The number of carboxylic acid groups (broad SMARTS) is 1. The summed E-state index contributed by atoms with van der Waals surface area (Å²) in [6, 6.07) is 3.88. The van der Waals surface area contributed by atoms with Crippen molar-refractivity contribution in [3.8, 4) is 0 Å². The lowest BCUT2D eigenvalue weighted by molar-refractivity contribution is -0.142. The molecule has 7 atom stereocenters. The van der Waals surface area contributed by atoms with Crippen molar-refractivity contribution in [3.63, 3.8) is 0 Å². The minimum Gasteiger partial charge on any atom is -0.481 e. The average Bonchev–Trinajstić information content (AvgIpc) is 3.51. The second-order valence-corrected chi connectivity index (χ2v) is 11.7. The number of rotatable bonds is 5. The van der Waals surface area contributed by atoms with Gasteiger partial charge in [-0.15, -0.1) is 23.1 Å². The lowest BCUT2D eigenvalue weighted by atomic mass is 9.69. The lowest BCUT2D eigenvalue weighted by Crippen LogP contribution is -2.42.